The molecule has 0 rings (SSSR count). The molecule has 1 atom stereocenters. The number of carbonyl (C=O) groups excluding carboxylic acids is 1. The first-order valence-electron chi connectivity index (χ1n) is 9.98. The standard InChI is InChI=1S/C14H29NO.C6H14O/c1-2-3-4-5-6-7-8-9-10-11-12-13-14(15)16;1-4-6(3)7-5-2/h2-13H2,1H3,(H2,15,16);6H,4-5H2,1-3H3. The molecular weight excluding hydrogens is 286 g/mol. The lowest BCUT2D eigenvalue weighted by Crippen LogP contribution is -2.09. The minimum atomic E-state index is -0.157. The fourth-order valence-electron chi connectivity index (χ4n) is 2.37. The smallest absolute Gasteiger partial charge is 0.217 e. The largest absolute Gasteiger partial charge is 0.379 e. The highest BCUT2D eigenvalue weighted by Crippen LogP contribution is 2.11. The second kappa shape index (κ2) is 21.4. The van der Waals surface area contributed by atoms with Gasteiger partial charge in [0.05, 0.1) is 6.10 Å². The van der Waals surface area contributed by atoms with Crippen molar-refractivity contribution >= 4 is 5.91 Å². The first kappa shape index (κ1) is 24.7. The molecule has 1 unspecified atom stereocenters. The molecule has 0 saturated carbocycles. The van der Waals surface area contributed by atoms with Crippen molar-refractivity contribution in [3.8, 4) is 0 Å². The number of hydrogen-bond acceptors (Lipinski definition) is 2. The zero-order valence-electron chi connectivity index (χ0n) is 16.4. The van der Waals surface area contributed by atoms with Crippen LogP contribution in [0.3, 0.4) is 0 Å². The van der Waals surface area contributed by atoms with E-state index < -0.39 is 0 Å². The summed E-state index contributed by atoms with van der Waals surface area (Å²) in [6.07, 6.45) is 16.6. The summed E-state index contributed by atoms with van der Waals surface area (Å²) in [6.45, 7) is 9.33. The Hall–Kier alpha value is -0.570. The summed E-state index contributed by atoms with van der Waals surface area (Å²) in [7, 11) is 0. The summed E-state index contributed by atoms with van der Waals surface area (Å²) >= 11 is 0. The number of hydrogen-bond donors (Lipinski definition) is 1. The van der Waals surface area contributed by atoms with Gasteiger partial charge in [-0.15, -0.1) is 0 Å². The molecule has 0 bridgehead atoms. The molecular formula is C20H43NO2. The third-order valence-electron chi connectivity index (χ3n) is 4.05. The first-order valence-corrected chi connectivity index (χ1v) is 9.98. The van der Waals surface area contributed by atoms with Crippen molar-refractivity contribution in [2.24, 2.45) is 5.73 Å². The molecule has 0 aromatic rings. The van der Waals surface area contributed by atoms with Gasteiger partial charge < -0.3 is 10.5 Å². The second-order valence-electron chi connectivity index (χ2n) is 6.43. The third-order valence-corrected chi connectivity index (χ3v) is 4.05. The number of unbranched alkanes of at least 4 members (excludes halogenated alkanes) is 10. The molecule has 1 amide bonds. The Morgan fingerprint density at radius 1 is 0.826 bits per heavy atom. The van der Waals surface area contributed by atoms with Crippen molar-refractivity contribution in [2.45, 2.75) is 117 Å². The van der Waals surface area contributed by atoms with Crippen molar-refractivity contribution < 1.29 is 9.53 Å². The molecule has 0 aliphatic carbocycles. The SMILES string of the molecule is CCCCCCCCCCCCCC(N)=O.CCOC(C)CC. The fraction of sp³-hybridized carbons (Fsp3) is 0.950. The van der Waals surface area contributed by atoms with Gasteiger partial charge >= 0.3 is 0 Å². The van der Waals surface area contributed by atoms with E-state index in [9.17, 15) is 4.79 Å². The van der Waals surface area contributed by atoms with Gasteiger partial charge in [0.25, 0.3) is 0 Å². The van der Waals surface area contributed by atoms with Crippen molar-refractivity contribution in [1.29, 1.82) is 0 Å². The molecule has 3 heteroatoms. The number of amides is 1. The van der Waals surface area contributed by atoms with Gasteiger partial charge in [-0.05, 0) is 26.7 Å². The average molecular weight is 330 g/mol. The summed E-state index contributed by atoms with van der Waals surface area (Å²) in [5, 5.41) is 0. The Kier molecular flexibility index (Phi) is 23.0. The van der Waals surface area contributed by atoms with Crippen LogP contribution in [0.25, 0.3) is 0 Å². The summed E-state index contributed by atoms with van der Waals surface area (Å²) in [5.41, 5.74) is 5.07. The van der Waals surface area contributed by atoms with Crippen molar-refractivity contribution in [3.63, 3.8) is 0 Å². The van der Waals surface area contributed by atoms with Crippen LogP contribution >= 0.6 is 0 Å². The van der Waals surface area contributed by atoms with E-state index in [1.54, 1.807) is 0 Å². The lowest BCUT2D eigenvalue weighted by atomic mass is 10.1. The van der Waals surface area contributed by atoms with E-state index in [1.807, 2.05) is 6.92 Å². The molecule has 0 saturated heterocycles. The minimum Gasteiger partial charge on any atom is -0.379 e. The molecule has 0 fully saturated rings. The molecule has 23 heavy (non-hydrogen) atoms. The van der Waals surface area contributed by atoms with Gasteiger partial charge in [-0.25, -0.2) is 0 Å². The average Bonchev–Trinajstić information content (AvgIpc) is 2.53. The van der Waals surface area contributed by atoms with E-state index in [1.165, 1.54) is 64.2 Å². The van der Waals surface area contributed by atoms with E-state index in [2.05, 4.69) is 20.8 Å². The van der Waals surface area contributed by atoms with Crippen LogP contribution in [0.2, 0.25) is 0 Å². The molecule has 0 radical (unpaired) electrons. The maximum absolute atomic E-state index is 10.5. The van der Waals surface area contributed by atoms with Crippen LogP contribution in [-0.2, 0) is 9.53 Å². The zero-order valence-corrected chi connectivity index (χ0v) is 16.4. The Labute approximate surface area is 145 Å². The predicted molar refractivity (Wildman–Crippen MR) is 102 cm³/mol. The van der Waals surface area contributed by atoms with Crippen LogP contribution in [0.5, 0.6) is 0 Å². The fourth-order valence-corrected chi connectivity index (χ4v) is 2.37. The number of nitrogens with two attached hydrogens (primary N) is 1. The summed E-state index contributed by atoms with van der Waals surface area (Å²) < 4.78 is 5.19. The highest BCUT2D eigenvalue weighted by molar-refractivity contribution is 5.73. The summed E-state index contributed by atoms with van der Waals surface area (Å²) in [5.74, 6) is -0.157. The Bertz CT molecular complexity index is 232. The van der Waals surface area contributed by atoms with E-state index in [0.717, 1.165) is 19.4 Å². The molecule has 0 aliphatic heterocycles. The van der Waals surface area contributed by atoms with Crippen LogP contribution in [0.4, 0.5) is 0 Å². The highest BCUT2D eigenvalue weighted by atomic mass is 16.5. The minimum absolute atomic E-state index is 0.157. The van der Waals surface area contributed by atoms with E-state index in [0.29, 0.717) is 12.5 Å². The van der Waals surface area contributed by atoms with Crippen LogP contribution in [0.1, 0.15) is 111 Å². The second-order valence-corrected chi connectivity index (χ2v) is 6.43. The quantitative estimate of drug-likeness (QED) is 0.375. The maximum atomic E-state index is 10.5. The van der Waals surface area contributed by atoms with Crippen molar-refractivity contribution in [3.05, 3.63) is 0 Å². The Morgan fingerprint density at radius 2 is 1.26 bits per heavy atom. The van der Waals surface area contributed by atoms with E-state index >= 15 is 0 Å². The zero-order chi connectivity index (χ0) is 17.8. The molecule has 0 spiro atoms. The lowest BCUT2D eigenvalue weighted by molar-refractivity contribution is -0.118. The number of carbonyl (C=O) groups is 1. The molecule has 2 N–H and O–H groups in total. The van der Waals surface area contributed by atoms with E-state index in [-0.39, 0.29) is 5.91 Å². The van der Waals surface area contributed by atoms with E-state index in [4.69, 9.17) is 10.5 Å². The van der Waals surface area contributed by atoms with Gasteiger partial charge in [-0.3, -0.25) is 4.79 Å². The van der Waals surface area contributed by atoms with Gasteiger partial charge in [0.15, 0.2) is 0 Å². The van der Waals surface area contributed by atoms with Crippen LogP contribution in [0.15, 0.2) is 0 Å². The topological polar surface area (TPSA) is 52.3 Å². The lowest BCUT2D eigenvalue weighted by Gasteiger charge is -2.05. The van der Waals surface area contributed by atoms with Gasteiger partial charge in [-0.2, -0.15) is 0 Å². The molecule has 140 valence electrons. The molecule has 0 aromatic carbocycles. The van der Waals surface area contributed by atoms with Gasteiger partial charge in [0, 0.05) is 13.0 Å². The number of rotatable bonds is 15. The molecule has 3 nitrogen and oxygen atoms in total. The highest BCUT2D eigenvalue weighted by Gasteiger charge is 1.95. The number of ether oxygens (including phenoxy) is 1. The van der Waals surface area contributed by atoms with Crippen LogP contribution in [-0.4, -0.2) is 18.6 Å². The van der Waals surface area contributed by atoms with Gasteiger partial charge in [0.2, 0.25) is 5.91 Å². The molecule has 0 aliphatic rings. The first-order chi connectivity index (χ1) is 11.1. The number of primary amides is 1. The summed E-state index contributed by atoms with van der Waals surface area (Å²) in [6, 6.07) is 0. The monoisotopic (exact) mass is 329 g/mol. The van der Waals surface area contributed by atoms with Crippen molar-refractivity contribution in [2.75, 3.05) is 6.61 Å². The molecule has 0 aromatic heterocycles. The van der Waals surface area contributed by atoms with Crippen LogP contribution < -0.4 is 5.73 Å². The normalized spacial score (nSPS) is 11.7. The maximum Gasteiger partial charge on any atom is 0.217 e. The molecule has 0 heterocycles. The summed E-state index contributed by atoms with van der Waals surface area (Å²) in [4.78, 5) is 10.5. The predicted octanol–water partition coefficient (Wildman–Crippen LogP) is 5.99. The Morgan fingerprint density at radius 3 is 1.57 bits per heavy atom. The van der Waals surface area contributed by atoms with Crippen LogP contribution in [0, 0.1) is 0 Å². The van der Waals surface area contributed by atoms with Gasteiger partial charge in [-0.1, -0.05) is 78.1 Å². The Balaban J connectivity index is 0. The third kappa shape index (κ3) is 26.6. The van der Waals surface area contributed by atoms with Crippen molar-refractivity contribution in [1.82, 2.24) is 0 Å². The van der Waals surface area contributed by atoms with Gasteiger partial charge in [0.1, 0.15) is 0 Å².